The van der Waals surface area contributed by atoms with Crippen molar-refractivity contribution in [3.63, 3.8) is 0 Å². The lowest BCUT2D eigenvalue weighted by atomic mass is 9.44. The first-order chi connectivity index (χ1) is 11.6. The molecule has 0 N–H and O–H groups in total. The topological polar surface area (TPSA) is 34.1 Å². The smallest absolute Gasteiger partial charge is 0.155 e. The molecule has 7 unspecified atom stereocenters. The lowest BCUT2D eigenvalue weighted by molar-refractivity contribution is -0.140. The Morgan fingerprint density at radius 3 is 2.44 bits per heavy atom. The van der Waals surface area contributed by atoms with Gasteiger partial charge in [0.05, 0.1) is 0 Å². The maximum absolute atomic E-state index is 12.5. The predicted molar refractivity (Wildman–Crippen MR) is 100 cm³/mol. The number of allylic oxidation sites excluding steroid dienone is 1. The van der Waals surface area contributed by atoms with Gasteiger partial charge in [-0.3, -0.25) is 9.59 Å². The van der Waals surface area contributed by atoms with E-state index < -0.39 is 0 Å². The minimum atomic E-state index is -0.134. The maximum Gasteiger partial charge on any atom is 0.155 e. The fourth-order valence-corrected chi connectivity index (χ4v) is 7.83. The van der Waals surface area contributed by atoms with Crippen LogP contribution in [0.4, 0.5) is 0 Å². The van der Waals surface area contributed by atoms with E-state index in [4.69, 9.17) is 0 Å². The highest BCUT2D eigenvalue weighted by molar-refractivity contribution is 5.91. The average molecular weight is 343 g/mol. The second kappa shape index (κ2) is 5.30. The number of fused-ring (bicyclic) bond motifs is 5. The quantitative estimate of drug-likeness (QED) is 0.643. The highest BCUT2D eigenvalue weighted by atomic mass is 16.1. The number of hydrogen-bond donors (Lipinski definition) is 0. The molecule has 3 saturated carbocycles. The Morgan fingerprint density at radius 1 is 1.08 bits per heavy atom. The minimum absolute atomic E-state index is 0.134. The predicted octanol–water partition coefficient (Wildman–Crippen LogP) is 5.36. The van der Waals surface area contributed by atoms with Crippen molar-refractivity contribution in [2.75, 3.05) is 0 Å². The molecule has 3 fully saturated rings. The van der Waals surface area contributed by atoms with E-state index >= 15 is 0 Å². The second-order valence-corrected chi connectivity index (χ2v) is 10.4. The number of ketones is 2. The summed E-state index contributed by atoms with van der Waals surface area (Å²) in [6.07, 6.45) is 9.68. The van der Waals surface area contributed by atoms with Crippen LogP contribution >= 0.6 is 0 Å². The molecule has 25 heavy (non-hydrogen) atoms. The van der Waals surface area contributed by atoms with E-state index in [2.05, 4.69) is 27.7 Å². The van der Waals surface area contributed by atoms with Gasteiger partial charge in [-0.1, -0.05) is 33.3 Å². The molecule has 0 heterocycles. The molecule has 4 rings (SSSR count). The second-order valence-electron chi connectivity index (χ2n) is 10.4. The molecule has 138 valence electrons. The molecule has 0 aromatic heterocycles. The van der Waals surface area contributed by atoms with Gasteiger partial charge >= 0.3 is 0 Å². The third-order valence-corrected chi connectivity index (χ3v) is 9.66. The van der Waals surface area contributed by atoms with Crippen molar-refractivity contribution in [1.29, 1.82) is 0 Å². The van der Waals surface area contributed by atoms with Crippen LogP contribution in [0.1, 0.15) is 79.6 Å². The molecule has 2 nitrogen and oxygen atoms in total. The fourth-order valence-electron chi connectivity index (χ4n) is 7.83. The summed E-state index contributed by atoms with van der Waals surface area (Å²) in [6.45, 7) is 11.3. The molecule has 4 aliphatic carbocycles. The molecular weight excluding hydrogens is 308 g/mol. The zero-order chi connectivity index (χ0) is 18.2. The molecule has 4 aliphatic rings. The highest BCUT2D eigenvalue weighted by Crippen LogP contribution is 2.70. The summed E-state index contributed by atoms with van der Waals surface area (Å²) in [5.41, 5.74) is 1.70. The maximum atomic E-state index is 12.5. The fraction of sp³-hybridized carbons (Fsp3) is 0.826. The van der Waals surface area contributed by atoms with Crippen molar-refractivity contribution in [2.45, 2.75) is 79.6 Å². The van der Waals surface area contributed by atoms with Crippen LogP contribution in [0.15, 0.2) is 11.6 Å². The first-order valence-corrected chi connectivity index (χ1v) is 10.4. The van der Waals surface area contributed by atoms with Gasteiger partial charge in [0.15, 0.2) is 5.78 Å². The molecule has 7 atom stereocenters. The van der Waals surface area contributed by atoms with Crippen LogP contribution in [0.3, 0.4) is 0 Å². The molecule has 2 heteroatoms. The van der Waals surface area contributed by atoms with Gasteiger partial charge in [-0.2, -0.15) is 0 Å². The molecule has 0 amide bonds. The monoisotopic (exact) mass is 342 g/mol. The van der Waals surface area contributed by atoms with Crippen LogP contribution < -0.4 is 0 Å². The van der Waals surface area contributed by atoms with Crippen LogP contribution in [0, 0.1) is 39.9 Å². The van der Waals surface area contributed by atoms with Gasteiger partial charge in [0.1, 0.15) is 5.78 Å². The van der Waals surface area contributed by atoms with Crippen LogP contribution in [-0.4, -0.2) is 11.6 Å². The minimum Gasteiger partial charge on any atom is -0.299 e. The van der Waals surface area contributed by atoms with Crippen molar-refractivity contribution in [3.05, 3.63) is 11.6 Å². The lowest BCUT2D eigenvalue weighted by Crippen LogP contribution is -2.54. The number of carbonyl (C=O) groups is 2. The molecule has 0 spiro atoms. The summed E-state index contributed by atoms with van der Waals surface area (Å²) >= 11 is 0. The Balaban J connectivity index is 1.73. The van der Waals surface area contributed by atoms with Gasteiger partial charge in [-0.25, -0.2) is 0 Å². The first-order valence-electron chi connectivity index (χ1n) is 10.4. The average Bonchev–Trinajstić information content (AvgIpc) is 2.83. The third-order valence-electron chi connectivity index (χ3n) is 9.66. The van der Waals surface area contributed by atoms with Gasteiger partial charge in [-0.05, 0) is 86.0 Å². The molecular formula is C23H34O2. The molecule has 0 radical (unpaired) electrons. The van der Waals surface area contributed by atoms with E-state index in [-0.39, 0.29) is 16.2 Å². The molecule has 0 aromatic carbocycles. The summed E-state index contributed by atoms with van der Waals surface area (Å²) in [5.74, 6) is 3.36. The van der Waals surface area contributed by atoms with Crippen molar-refractivity contribution < 1.29 is 9.59 Å². The van der Waals surface area contributed by atoms with Gasteiger partial charge in [0.2, 0.25) is 0 Å². The molecule has 0 aromatic rings. The van der Waals surface area contributed by atoms with E-state index in [1.165, 1.54) is 31.3 Å². The zero-order valence-electron chi connectivity index (χ0n) is 16.7. The zero-order valence-corrected chi connectivity index (χ0v) is 16.7. The van der Waals surface area contributed by atoms with Crippen molar-refractivity contribution in [3.8, 4) is 0 Å². The van der Waals surface area contributed by atoms with Gasteiger partial charge in [-0.15, -0.1) is 0 Å². The number of carbonyl (C=O) groups excluding carboxylic acids is 2. The molecule has 0 aliphatic heterocycles. The van der Waals surface area contributed by atoms with Gasteiger partial charge < -0.3 is 0 Å². The van der Waals surface area contributed by atoms with Crippen LogP contribution in [-0.2, 0) is 9.59 Å². The van der Waals surface area contributed by atoms with Crippen LogP contribution in [0.2, 0.25) is 0 Å². The van der Waals surface area contributed by atoms with Crippen LogP contribution in [0.25, 0.3) is 0 Å². The van der Waals surface area contributed by atoms with E-state index in [9.17, 15) is 9.59 Å². The standard InChI is InChI=1S/C23H34O2/c1-14-12-17-18(21(3)9-6-16(25)13-20(14)21)7-11-23(5)19(17)8-10-22(23,4)15(2)24/h13-14,17-19H,6-12H2,1-5H3. The van der Waals surface area contributed by atoms with Crippen LogP contribution in [0.5, 0.6) is 0 Å². The molecule has 0 bridgehead atoms. The van der Waals surface area contributed by atoms with E-state index in [0.29, 0.717) is 29.3 Å². The highest BCUT2D eigenvalue weighted by Gasteiger charge is 2.64. The first kappa shape index (κ1) is 17.5. The summed E-state index contributed by atoms with van der Waals surface area (Å²) in [4.78, 5) is 24.6. The number of Topliss-reactive ketones (excluding diaryl/α,β-unsaturated/α-hetero) is 1. The Labute approximate surface area is 152 Å². The summed E-state index contributed by atoms with van der Waals surface area (Å²) in [6, 6.07) is 0. The van der Waals surface area contributed by atoms with Gasteiger partial charge in [0.25, 0.3) is 0 Å². The largest absolute Gasteiger partial charge is 0.299 e. The van der Waals surface area contributed by atoms with Crippen molar-refractivity contribution in [2.24, 2.45) is 39.9 Å². The Bertz CT molecular complexity index is 661. The normalized spacial score (nSPS) is 52.0. The Hall–Kier alpha value is -0.920. The van der Waals surface area contributed by atoms with Gasteiger partial charge in [0, 0.05) is 11.8 Å². The third kappa shape index (κ3) is 2.09. The Morgan fingerprint density at radius 2 is 1.76 bits per heavy atom. The summed E-state index contributed by atoms with van der Waals surface area (Å²) in [7, 11) is 0. The van der Waals surface area contributed by atoms with Crippen molar-refractivity contribution >= 4 is 11.6 Å². The van der Waals surface area contributed by atoms with E-state index in [0.717, 1.165) is 25.2 Å². The number of hydrogen-bond acceptors (Lipinski definition) is 2. The molecule has 0 saturated heterocycles. The van der Waals surface area contributed by atoms with E-state index in [1.54, 1.807) is 0 Å². The summed E-state index contributed by atoms with van der Waals surface area (Å²) in [5, 5.41) is 0. The van der Waals surface area contributed by atoms with Crippen molar-refractivity contribution in [1.82, 2.24) is 0 Å². The SMILES string of the molecule is CC(=O)C1(C)CCC2C3CC(C)C4=CC(=O)CCC4(C)C3CCC21C. The summed E-state index contributed by atoms with van der Waals surface area (Å²) < 4.78 is 0. The number of rotatable bonds is 1. The Kier molecular flexibility index (Phi) is 3.71. The lowest BCUT2D eigenvalue weighted by Gasteiger charge is -2.60. The van der Waals surface area contributed by atoms with E-state index in [1.807, 2.05) is 13.0 Å².